The zero-order valence-corrected chi connectivity index (χ0v) is 19.6. The third kappa shape index (κ3) is 2.85. The molecule has 2 saturated carbocycles. The summed E-state index contributed by atoms with van der Waals surface area (Å²) in [4.78, 5) is 86.4. The summed E-state index contributed by atoms with van der Waals surface area (Å²) in [7, 11) is 0. The average Bonchev–Trinajstić information content (AvgIpc) is 3.29. The number of hydrogen-bond donors (Lipinski definition) is 2. The van der Waals surface area contributed by atoms with Gasteiger partial charge in [0.1, 0.15) is 0 Å². The predicted molar refractivity (Wildman–Crippen MR) is 124 cm³/mol. The molecule has 2 saturated heterocycles. The van der Waals surface area contributed by atoms with Gasteiger partial charge >= 0.3 is 0 Å². The molecule has 6 aliphatic rings. The standard InChI is InChI=1S/C26H20N6O6/c33-21(11-3-7-27-8-4-11)29-31-23(35)17-13-1-2-14(18(17)24(31)36)16-15(13)19-20(16)26(38)32(25(19)37)30-22(34)12-5-9-28-10-6-12/h1-10,13-20H,(H,29,33)(H,30,34)/t13-,14+,15-,16-,17+,18+,19-,20-/m1/s1. The zero-order chi connectivity index (χ0) is 26.3. The van der Waals surface area contributed by atoms with Gasteiger partial charge in [0.15, 0.2) is 0 Å². The minimum absolute atomic E-state index is 0.247. The highest BCUT2D eigenvalue weighted by Gasteiger charge is 2.75. The number of hydrazine groups is 2. The third-order valence-electron chi connectivity index (χ3n) is 8.66. The first-order chi connectivity index (χ1) is 18.4. The van der Waals surface area contributed by atoms with E-state index >= 15 is 0 Å². The largest absolute Gasteiger partial charge is 0.272 e. The van der Waals surface area contributed by atoms with Crippen molar-refractivity contribution in [3.63, 3.8) is 0 Å². The monoisotopic (exact) mass is 512 g/mol. The van der Waals surface area contributed by atoms with Crippen LogP contribution in [0.1, 0.15) is 20.7 Å². The Hall–Kier alpha value is -4.74. The summed E-state index contributed by atoms with van der Waals surface area (Å²) in [5.41, 5.74) is 5.34. The molecule has 0 spiro atoms. The molecule has 0 radical (unpaired) electrons. The predicted octanol–water partition coefficient (Wildman–Crippen LogP) is -0.269. The van der Waals surface area contributed by atoms with Crippen molar-refractivity contribution in [2.24, 2.45) is 47.3 Å². The van der Waals surface area contributed by atoms with Crippen LogP contribution in [0.25, 0.3) is 0 Å². The molecule has 8 rings (SSSR count). The maximum atomic E-state index is 13.4. The highest BCUT2D eigenvalue weighted by molar-refractivity contribution is 6.11. The molecule has 2 aromatic rings. The Kier molecular flexibility index (Phi) is 4.66. The van der Waals surface area contributed by atoms with E-state index in [1.165, 1.54) is 49.1 Å². The highest BCUT2D eigenvalue weighted by Crippen LogP contribution is 2.67. The van der Waals surface area contributed by atoms with Crippen LogP contribution in [-0.2, 0) is 19.2 Å². The lowest BCUT2D eigenvalue weighted by Crippen LogP contribution is -2.63. The Bertz CT molecular complexity index is 1410. The van der Waals surface area contributed by atoms with E-state index in [-0.39, 0.29) is 23.0 Å². The third-order valence-corrected chi connectivity index (χ3v) is 8.66. The summed E-state index contributed by atoms with van der Waals surface area (Å²) < 4.78 is 0. The van der Waals surface area contributed by atoms with E-state index in [1.807, 2.05) is 12.2 Å². The van der Waals surface area contributed by atoms with Crippen molar-refractivity contribution >= 4 is 35.4 Å². The molecule has 0 unspecified atom stereocenters. The molecule has 2 bridgehead atoms. The SMILES string of the molecule is O=C(NN1C(=O)[C@H]2[C@H]3C=C[C@@H]([C@@H]2C1=O)[C@H]1[C@H]2C(=O)N(NC(=O)c4ccncc4)C(=O)[C@@H]2[C@H]31)c1ccncc1. The maximum absolute atomic E-state index is 13.4. The summed E-state index contributed by atoms with van der Waals surface area (Å²) in [5, 5.41) is 1.58. The fourth-order valence-electron chi connectivity index (χ4n) is 7.16. The van der Waals surface area contributed by atoms with Crippen molar-refractivity contribution in [1.29, 1.82) is 0 Å². The number of rotatable bonds is 4. The van der Waals surface area contributed by atoms with Crippen LogP contribution in [0.5, 0.6) is 0 Å². The fourth-order valence-corrected chi connectivity index (χ4v) is 7.16. The van der Waals surface area contributed by atoms with Crippen molar-refractivity contribution in [1.82, 2.24) is 30.8 Å². The van der Waals surface area contributed by atoms with E-state index in [0.29, 0.717) is 0 Å². The van der Waals surface area contributed by atoms with Crippen molar-refractivity contribution in [2.45, 2.75) is 0 Å². The number of amides is 6. The lowest BCUT2D eigenvalue weighted by molar-refractivity contribution is -0.166. The van der Waals surface area contributed by atoms with E-state index in [9.17, 15) is 28.8 Å². The number of carbonyl (C=O) groups excluding carboxylic acids is 6. The molecule has 12 nitrogen and oxygen atoms in total. The highest BCUT2D eigenvalue weighted by atomic mass is 16.2. The number of pyridine rings is 2. The van der Waals surface area contributed by atoms with Crippen LogP contribution >= 0.6 is 0 Å². The first-order valence-corrected chi connectivity index (χ1v) is 12.2. The van der Waals surface area contributed by atoms with Crippen LogP contribution in [0.2, 0.25) is 0 Å². The van der Waals surface area contributed by atoms with Gasteiger partial charge in [0.25, 0.3) is 35.4 Å². The van der Waals surface area contributed by atoms with Crippen LogP contribution in [-0.4, -0.2) is 55.4 Å². The van der Waals surface area contributed by atoms with Gasteiger partial charge in [-0.1, -0.05) is 12.2 Å². The lowest BCUT2D eigenvalue weighted by Gasteiger charge is -2.60. The van der Waals surface area contributed by atoms with Gasteiger partial charge in [0.2, 0.25) is 0 Å². The van der Waals surface area contributed by atoms with E-state index in [0.717, 1.165) is 10.0 Å². The molecule has 8 atom stereocenters. The van der Waals surface area contributed by atoms with Crippen LogP contribution in [0.3, 0.4) is 0 Å². The van der Waals surface area contributed by atoms with E-state index in [4.69, 9.17) is 0 Å². The van der Waals surface area contributed by atoms with Crippen molar-refractivity contribution < 1.29 is 28.8 Å². The number of nitrogens with zero attached hydrogens (tertiary/aromatic N) is 4. The van der Waals surface area contributed by atoms with Crippen molar-refractivity contribution in [3.05, 3.63) is 72.3 Å². The minimum Gasteiger partial charge on any atom is -0.272 e. The molecule has 4 aliphatic carbocycles. The van der Waals surface area contributed by atoms with Gasteiger partial charge in [-0.2, -0.15) is 10.0 Å². The molecule has 2 aliphatic heterocycles. The van der Waals surface area contributed by atoms with E-state index in [2.05, 4.69) is 20.8 Å². The summed E-state index contributed by atoms with van der Waals surface area (Å²) in [5.74, 6) is -7.66. The quantitative estimate of drug-likeness (QED) is 0.419. The van der Waals surface area contributed by atoms with Crippen molar-refractivity contribution in [2.75, 3.05) is 0 Å². The Morgan fingerprint density at radius 3 is 1.29 bits per heavy atom. The Balaban J connectivity index is 1.13. The van der Waals surface area contributed by atoms with Gasteiger partial charge in [-0.3, -0.25) is 49.6 Å². The number of allylic oxidation sites excluding steroid dienone is 2. The number of hydrogen-bond acceptors (Lipinski definition) is 8. The lowest BCUT2D eigenvalue weighted by atomic mass is 9.40. The normalized spacial score (nSPS) is 34.0. The van der Waals surface area contributed by atoms with Gasteiger partial charge in [0, 0.05) is 35.9 Å². The number of carbonyl (C=O) groups is 6. The second kappa shape index (κ2) is 7.88. The summed E-state index contributed by atoms with van der Waals surface area (Å²) >= 11 is 0. The Morgan fingerprint density at radius 1 is 0.579 bits per heavy atom. The van der Waals surface area contributed by atoms with Crippen LogP contribution in [0, 0.1) is 47.3 Å². The van der Waals surface area contributed by atoms with Gasteiger partial charge in [-0.05, 0) is 47.9 Å². The van der Waals surface area contributed by atoms with Crippen LogP contribution in [0.15, 0.2) is 61.2 Å². The van der Waals surface area contributed by atoms with Gasteiger partial charge in [-0.15, -0.1) is 0 Å². The van der Waals surface area contributed by atoms with Gasteiger partial charge in [-0.25, -0.2) is 0 Å². The fraction of sp³-hybridized carbons (Fsp3) is 0.308. The molecule has 4 heterocycles. The topological polar surface area (TPSA) is 159 Å². The molecule has 2 N–H and O–H groups in total. The van der Waals surface area contributed by atoms with E-state index in [1.54, 1.807) is 0 Å². The molecule has 12 heteroatoms. The Labute approximate surface area is 215 Å². The van der Waals surface area contributed by atoms with Gasteiger partial charge < -0.3 is 0 Å². The summed E-state index contributed by atoms with van der Waals surface area (Å²) in [6.45, 7) is 0. The smallest absolute Gasteiger partial charge is 0.270 e. The van der Waals surface area contributed by atoms with Crippen LogP contribution < -0.4 is 10.9 Å². The molecule has 4 fully saturated rings. The van der Waals surface area contributed by atoms with Crippen LogP contribution in [0.4, 0.5) is 0 Å². The second-order valence-corrected chi connectivity index (χ2v) is 10.2. The molecule has 38 heavy (non-hydrogen) atoms. The summed E-state index contributed by atoms with van der Waals surface area (Å²) in [6, 6.07) is 5.88. The second-order valence-electron chi connectivity index (χ2n) is 10.2. The molecule has 2 aromatic heterocycles. The number of nitrogens with one attached hydrogen (secondary N) is 2. The average molecular weight is 512 g/mol. The number of aromatic nitrogens is 2. The Morgan fingerprint density at radius 2 is 0.921 bits per heavy atom. The molecular weight excluding hydrogens is 492 g/mol. The van der Waals surface area contributed by atoms with E-state index < -0.39 is 71.0 Å². The molecule has 0 aromatic carbocycles. The molecule has 190 valence electrons. The summed E-state index contributed by atoms with van der Waals surface area (Å²) in [6.07, 6.45) is 9.44. The molecular formula is C26H20N6O6. The number of fused-ring (bicyclic) bond motifs is 1. The first-order valence-electron chi connectivity index (χ1n) is 12.2. The minimum atomic E-state index is -0.735. The maximum Gasteiger partial charge on any atom is 0.270 e. The zero-order valence-electron chi connectivity index (χ0n) is 19.6. The van der Waals surface area contributed by atoms with Gasteiger partial charge in [0.05, 0.1) is 23.7 Å². The number of imide groups is 2. The van der Waals surface area contributed by atoms with Crippen molar-refractivity contribution in [3.8, 4) is 0 Å². The first kappa shape index (κ1) is 22.5. The molecule has 6 amide bonds.